The van der Waals surface area contributed by atoms with Crippen molar-refractivity contribution in [3.63, 3.8) is 0 Å². The number of Topliss-reactive ketones (excluding diaryl/α,β-unsaturated/α-hetero) is 1. The molecule has 1 heterocycles. The molecule has 0 atom stereocenters. The van der Waals surface area contributed by atoms with E-state index in [1.54, 1.807) is 0 Å². The largest absolute Gasteiger partial charge is 0.488 e. The lowest BCUT2D eigenvalue weighted by Gasteiger charge is -2.19. The molecule has 1 aromatic heterocycles. The van der Waals surface area contributed by atoms with Crippen molar-refractivity contribution in [2.75, 3.05) is 12.3 Å². The van der Waals surface area contributed by atoms with Crippen LogP contribution in [0.25, 0.3) is 11.3 Å². The third-order valence-electron chi connectivity index (χ3n) is 5.82. The van der Waals surface area contributed by atoms with Gasteiger partial charge in [0.25, 0.3) is 0 Å². The van der Waals surface area contributed by atoms with E-state index in [-0.39, 0.29) is 41.8 Å². The van der Waals surface area contributed by atoms with E-state index in [1.165, 1.54) is 0 Å². The number of rotatable bonds is 11. The van der Waals surface area contributed by atoms with Gasteiger partial charge in [0, 0.05) is 12.5 Å². The van der Waals surface area contributed by atoms with Crippen LogP contribution in [0.1, 0.15) is 53.4 Å². The van der Waals surface area contributed by atoms with E-state index < -0.39 is 0 Å². The van der Waals surface area contributed by atoms with Crippen LogP contribution in [0.4, 0.5) is 5.69 Å². The summed E-state index contributed by atoms with van der Waals surface area (Å²) in [7, 11) is 0. The number of ketones is 1. The lowest BCUT2D eigenvalue weighted by Crippen LogP contribution is -2.10. The summed E-state index contributed by atoms with van der Waals surface area (Å²) in [5.41, 5.74) is 15.8. The van der Waals surface area contributed by atoms with Gasteiger partial charge in [-0.05, 0) is 35.2 Å². The Hall–Kier alpha value is -4.10. The van der Waals surface area contributed by atoms with Crippen LogP contribution in [0.15, 0.2) is 77.3 Å². The van der Waals surface area contributed by atoms with Crippen LogP contribution in [0, 0.1) is 0 Å². The van der Waals surface area contributed by atoms with Crippen LogP contribution in [-0.4, -0.2) is 17.5 Å². The molecule has 0 spiro atoms. The summed E-state index contributed by atoms with van der Waals surface area (Å²) < 4.78 is 18.1. The first-order valence-electron chi connectivity index (χ1n) is 12.0. The van der Waals surface area contributed by atoms with E-state index in [2.05, 4.69) is 19.0 Å². The molecule has 4 aromatic rings. The third kappa shape index (κ3) is 5.75. The molecule has 36 heavy (non-hydrogen) atoms. The Kier molecular flexibility index (Phi) is 8.02. The highest BCUT2D eigenvalue weighted by atomic mass is 16.5. The fraction of sp³-hybridized carbons (Fsp3) is 0.241. The highest BCUT2D eigenvalue weighted by Gasteiger charge is 2.25. The number of ether oxygens (including phenoxy) is 2. The second kappa shape index (κ2) is 11.6. The topological polar surface area (TPSA) is 114 Å². The van der Waals surface area contributed by atoms with Crippen LogP contribution in [0.3, 0.4) is 0 Å². The van der Waals surface area contributed by atoms with Crippen molar-refractivity contribution in [1.82, 2.24) is 5.16 Å². The summed E-state index contributed by atoms with van der Waals surface area (Å²) in [4.78, 5) is 12.4. The van der Waals surface area contributed by atoms with Crippen LogP contribution < -0.4 is 20.9 Å². The molecule has 0 saturated heterocycles. The lowest BCUT2D eigenvalue weighted by molar-refractivity contribution is 0.0977. The molecular weight excluding hydrogens is 454 g/mol. The number of carbonyl (C=O) groups excluding carboxylic acids is 1. The van der Waals surface area contributed by atoms with E-state index in [1.807, 2.05) is 72.8 Å². The first-order valence-corrected chi connectivity index (χ1v) is 12.0. The quantitative estimate of drug-likeness (QED) is 0.261. The van der Waals surface area contributed by atoms with Gasteiger partial charge < -0.3 is 25.5 Å². The SMILES string of the molecule is CC(C)c1cc(-c2onc(C(=O)CCN)c2N)c(OCc2ccccc2)cc1OCc1ccccc1. The van der Waals surface area contributed by atoms with Gasteiger partial charge in [-0.2, -0.15) is 0 Å². The molecule has 0 aliphatic carbocycles. The minimum atomic E-state index is -0.261. The smallest absolute Gasteiger partial charge is 0.194 e. The molecule has 0 fully saturated rings. The number of benzene rings is 3. The zero-order chi connectivity index (χ0) is 25.5. The number of carbonyl (C=O) groups is 1. The number of nitrogen functional groups attached to an aromatic ring is 1. The Morgan fingerprint density at radius 3 is 2.06 bits per heavy atom. The number of aromatic nitrogens is 1. The molecule has 4 N–H and O–H groups in total. The van der Waals surface area contributed by atoms with E-state index in [0.29, 0.717) is 30.3 Å². The molecule has 3 aromatic carbocycles. The second-order valence-corrected chi connectivity index (χ2v) is 8.83. The van der Waals surface area contributed by atoms with Crippen molar-refractivity contribution in [3.8, 4) is 22.8 Å². The predicted octanol–water partition coefficient (Wildman–Crippen LogP) is 5.74. The molecule has 0 radical (unpaired) electrons. The number of hydrogen-bond donors (Lipinski definition) is 2. The lowest BCUT2D eigenvalue weighted by atomic mass is 9.97. The van der Waals surface area contributed by atoms with Crippen LogP contribution in [-0.2, 0) is 13.2 Å². The highest BCUT2D eigenvalue weighted by molar-refractivity contribution is 6.01. The monoisotopic (exact) mass is 485 g/mol. The average molecular weight is 486 g/mol. The third-order valence-corrected chi connectivity index (χ3v) is 5.82. The fourth-order valence-electron chi connectivity index (χ4n) is 3.86. The zero-order valence-electron chi connectivity index (χ0n) is 20.6. The molecular formula is C29H31N3O4. The Labute approximate surface area is 211 Å². The minimum absolute atomic E-state index is 0.0833. The normalized spacial score (nSPS) is 11.0. The Morgan fingerprint density at radius 1 is 0.917 bits per heavy atom. The Bertz CT molecular complexity index is 1300. The van der Waals surface area contributed by atoms with Gasteiger partial charge in [0.05, 0.1) is 5.56 Å². The van der Waals surface area contributed by atoms with E-state index in [9.17, 15) is 4.79 Å². The first kappa shape index (κ1) is 25.0. The maximum absolute atomic E-state index is 12.4. The van der Waals surface area contributed by atoms with Gasteiger partial charge in [-0.25, -0.2) is 0 Å². The summed E-state index contributed by atoms with van der Waals surface area (Å²) in [5, 5.41) is 3.95. The van der Waals surface area contributed by atoms with Crippen molar-refractivity contribution in [2.45, 2.75) is 39.4 Å². The van der Waals surface area contributed by atoms with E-state index in [0.717, 1.165) is 16.7 Å². The molecule has 7 heteroatoms. The Morgan fingerprint density at radius 2 is 1.50 bits per heavy atom. The molecule has 0 aliphatic rings. The van der Waals surface area contributed by atoms with Crippen LogP contribution >= 0.6 is 0 Å². The molecule has 186 valence electrons. The summed E-state index contributed by atoms with van der Waals surface area (Å²) in [6.07, 6.45) is 0.136. The molecule has 0 amide bonds. The number of nitrogens with two attached hydrogens (primary N) is 2. The van der Waals surface area contributed by atoms with Crippen molar-refractivity contribution >= 4 is 11.5 Å². The van der Waals surface area contributed by atoms with Gasteiger partial charge in [-0.3, -0.25) is 4.79 Å². The van der Waals surface area contributed by atoms with Crippen molar-refractivity contribution in [3.05, 3.63) is 95.2 Å². The van der Waals surface area contributed by atoms with E-state index in [4.69, 9.17) is 25.5 Å². The zero-order valence-corrected chi connectivity index (χ0v) is 20.6. The second-order valence-electron chi connectivity index (χ2n) is 8.83. The van der Waals surface area contributed by atoms with Crippen molar-refractivity contribution in [1.29, 1.82) is 0 Å². The maximum atomic E-state index is 12.4. The summed E-state index contributed by atoms with van der Waals surface area (Å²) >= 11 is 0. The molecule has 0 aliphatic heterocycles. The predicted molar refractivity (Wildman–Crippen MR) is 140 cm³/mol. The molecule has 0 unspecified atom stereocenters. The molecule has 4 rings (SSSR count). The molecule has 7 nitrogen and oxygen atoms in total. The first-order chi connectivity index (χ1) is 17.5. The van der Waals surface area contributed by atoms with Crippen LogP contribution in [0.5, 0.6) is 11.5 Å². The van der Waals surface area contributed by atoms with E-state index >= 15 is 0 Å². The standard InChI is InChI=1S/C29H31N3O4/c1-19(2)22-15-23(29-27(31)28(32-36-29)24(33)13-14-30)26(35-18-21-11-7-4-8-12-21)16-25(22)34-17-20-9-5-3-6-10-20/h3-12,15-16,19H,13-14,17-18,30-31H2,1-2H3. The molecule has 0 saturated carbocycles. The average Bonchev–Trinajstić information content (AvgIpc) is 3.28. The van der Waals surface area contributed by atoms with Crippen molar-refractivity contribution in [2.24, 2.45) is 5.73 Å². The minimum Gasteiger partial charge on any atom is -0.488 e. The van der Waals surface area contributed by atoms with Gasteiger partial charge in [0.1, 0.15) is 30.4 Å². The van der Waals surface area contributed by atoms with Gasteiger partial charge >= 0.3 is 0 Å². The summed E-state index contributed by atoms with van der Waals surface area (Å²) in [6, 6.07) is 23.6. The number of anilines is 1. The van der Waals surface area contributed by atoms with Gasteiger partial charge in [-0.1, -0.05) is 79.7 Å². The molecule has 0 bridgehead atoms. The van der Waals surface area contributed by atoms with Gasteiger partial charge in [-0.15, -0.1) is 0 Å². The number of nitrogens with zero attached hydrogens (tertiary/aromatic N) is 1. The maximum Gasteiger partial charge on any atom is 0.194 e. The fourth-order valence-corrected chi connectivity index (χ4v) is 3.86. The van der Waals surface area contributed by atoms with Gasteiger partial charge in [0.2, 0.25) is 0 Å². The summed E-state index contributed by atoms with van der Waals surface area (Å²) in [5.74, 6) is 1.39. The van der Waals surface area contributed by atoms with Crippen LogP contribution in [0.2, 0.25) is 0 Å². The highest BCUT2D eigenvalue weighted by Crippen LogP contribution is 2.42. The van der Waals surface area contributed by atoms with Gasteiger partial charge in [0.15, 0.2) is 17.2 Å². The van der Waals surface area contributed by atoms with Crippen molar-refractivity contribution < 1.29 is 18.8 Å². The Balaban J connectivity index is 1.75. The summed E-state index contributed by atoms with van der Waals surface area (Å²) in [6.45, 7) is 5.12. The number of hydrogen-bond acceptors (Lipinski definition) is 7.